The fraction of sp³-hybridized carbons (Fsp3) is 0.417. The molecule has 1 saturated heterocycles. The number of hydrogen-bond donors (Lipinski definition) is 0. The number of carbonyl (C=O) groups excluding carboxylic acids is 1. The highest BCUT2D eigenvalue weighted by Gasteiger charge is 2.69. The van der Waals surface area contributed by atoms with Crippen LogP contribution < -0.4 is 0 Å². The SMILES string of the molecule is C[C@@]12CCc3ccccc3[C@]1(C=O)O2. The number of ether oxygens (including phenoxy) is 1. The molecule has 1 aromatic carbocycles. The van der Waals surface area contributed by atoms with Crippen LogP contribution in [0, 0.1) is 0 Å². The minimum atomic E-state index is -0.623. The number of rotatable bonds is 1. The molecule has 2 heteroatoms. The zero-order valence-electron chi connectivity index (χ0n) is 8.12. The first-order valence-electron chi connectivity index (χ1n) is 4.97. The van der Waals surface area contributed by atoms with Gasteiger partial charge in [-0.25, -0.2) is 0 Å². The molecule has 2 aliphatic rings. The Morgan fingerprint density at radius 2 is 2.21 bits per heavy atom. The van der Waals surface area contributed by atoms with Crippen molar-refractivity contribution in [3.8, 4) is 0 Å². The van der Waals surface area contributed by atoms with Crippen LogP contribution in [0.25, 0.3) is 0 Å². The molecule has 2 nitrogen and oxygen atoms in total. The minimum Gasteiger partial charge on any atom is -0.350 e. The standard InChI is InChI=1S/C12H12O2/c1-11-7-6-9-4-2-3-5-10(9)12(11,8-13)14-11/h2-5,8H,6-7H2,1H3/t11-,12+/m1/s1. The quantitative estimate of drug-likeness (QED) is 0.497. The van der Waals surface area contributed by atoms with E-state index in [0.717, 1.165) is 24.7 Å². The molecule has 3 rings (SSSR count). The van der Waals surface area contributed by atoms with Gasteiger partial charge in [0.15, 0.2) is 11.9 Å². The molecule has 0 amide bonds. The summed E-state index contributed by atoms with van der Waals surface area (Å²) >= 11 is 0. The summed E-state index contributed by atoms with van der Waals surface area (Å²) in [5.41, 5.74) is 1.48. The minimum absolute atomic E-state index is 0.233. The maximum Gasteiger partial charge on any atom is 0.178 e. The lowest BCUT2D eigenvalue weighted by Crippen LogP contribution is -2.28. The van der Waals surface area contributed by atoms with Crippen LogP contribution in [-0.2, 0) is 21.6 Å². The number of benzene rings is 1. The zero-order valence-corrected chi connectivity index (χ0v) is 8.12. The second kappa shape index (κ2) is 2.26. The molecule has 0 unspecified atom stereocenters. The molecule has 1 aliphatic carbocycles. The van der Waals surface area contributed by atoms with Gasteiger partial charge < -0.3 is 4.74 Å². The molecule has 0 bridgehead atoms. The van der Waals surface area contributed by atoms with E-state index in [0.29, 0.717) is 0 Å². The molecule has 1 aromatic rings. The van der Waals surface area contributed by atoms with E-state index in [4.69, 9.17) is 4.74 Å². The highest BCUT2D eigenvalue weighted by molar-refractivity contribution is 5.75. The first kappa shape index (κ1) is 8.18. The molecule has 1 fully saturated rings. The first-order chi connectivity index (χ1) is 6.72. The molecule has 0 radical (unpaired) electrons. The fourth-order valence-corrected chi connectivity index (χ4v) is 2.59. The van der Waals surface area contributed by atoms with Gasteiger partial charge in [-0.3, -0.25) is 4.79 Å². The van der Waals surface area contributed by atoms with Crippen LogP contribution in [-0.4, -0.2) is 11.9 Å². The van der Waals surface area contributed by atoms with Crippen LogP contribution >= 0.6 is 0 Å². The summed E-state index contributed by atoms with van der Waals surface area (Å²) in [4.78, 5) is 11.2. The van der Waals surface area contributed by atoms with Gasteiger partial charge in [-0.2, -0.15) is 0 Å². The highest BCUT2D eigenvalue weighted by Crippen LogP contribution is 2.60. The topological polar surface area (TPSA) is 29.6 Å². The van der Waals surface area contributed by atoms with Crippen molar-refractivity contribution >= 4 is 6.29 Å². The Morgan fingerprint density at radius 1 is 1.43 bits per heavy atom. The van der Waals surface area contributed by atoms with Crippen LogP contribution in [0.4, 0.5) is 0 Å². The molecular weight excluding hydrogens is 176 g/mol. The van der Waals surface area contributed by atoms with Crippen molar-refractivity contribution < 1.29 is 9.53 Å². The normalized spacial score (nSPS) is 38.4. The van der Waals surface area contributed by atoms with E-state index >= 15 is 0 Å². The lowest BCUT2D eigenvalue weighted by molar-refractivity contribution is -0.112. The maximum atomic E-state index is 11.2. The summed E-state index contributed by atoms with van der Waals surface area (Å²) < 4.78 is 5.66. The van der Waals surface area contributed by atoms with E-state index in [2.05, 4.69) is 6.07 Å². The van der Waals surface area contributed by atoms with E-state index in [1.807, 2.05) is 25.1 Å². The van der Waals surface area contributed by atoms with Gasteiger partial charge >= 0.3 is 0 Å². The van der Waals surface area contributed by atoms with Crippen LogP contribution in [0.2, 0.25) is 0 Å². The zero-order chi connectivity index (χ0) is 9.81. The van der Waals surface area contributed by atoms with Crippen LogP contribution in [0.1, 0.15) is 24.5 Å². The Labute approximate surface area is 82.9 Å². The van der Waals surface area contributed by atoms with Crippen molar-refractivity contribution in [3.05, 3.63) is 35.4 Å². The number of aryl methyl sites for hydroxylation is 1. The molecule has 14 heavy (non-hydrogen) atoms. The predicted octanol–water partition coefficient (Wildman–Crippen LogP) is 1.82. The van der Waals surface area contributed by atoms with Crippen LogP contribution in [0.5, 0.6) is 0 Å². The molecule has 0 spiro atoms. The summed E-state index contributed by atoms with van der Waals surface area (Å²) in [5, 5.41) is 0. The largest absolute Gasteiger partial charge is 0.350 e. The molecule has 1 heterocycles. The Bertz CT molecular complexity index is 413. The summed E-state index contributed by atoms with van der Waals surface area (Å²) in [7, 11) is 0. The fourth-order valence-electron chi connectivity index (χ4n) is 2.59. The second-order valence-corrected chi connectivity index (χ2v) is 4.34. The third-order valence-corrected chi connectivity index (χ3v) is 3.59. The summed E-state index contributed by atoms with van der Waals surface area (Å²) in [6.45, 7) is 2.03. The summed E-state index contributed by atoms with van der Waals surface area (Å²) in [6, 6.07) is 8.08. The second-order valence-electron chi connectivity index (χ2n) is 4.34. The number of aldehydes is 1. The molecule has 0 N–H and O–H groups in total. The van der Waals surface area contributed by atoms with Gasteiger partial charge in [-0.15, -0.1) is 0 Å². The van der Waals surface area contributed by atoms with Gasteiger partial charge in [-0.1, -0.05) is 24.3 Å². The highest BCUT2D eigenvalue weighted by atomic mass is 16.6. The Kier molecular flexibility index (Phi) is 1.32. The Hall–Kier alpha value is -1.15. The maximum absolute atomic E-state index is 11.2. The van der Waals surface area contributed by atoms with E-state index in [1.54, 1.807) is 0 Å². The molecule has 1 aliphatic heterocycles. The predicted molar refractivity (Wildman–Crippen MR) is 52.0 cm³/mol. The Balaban J connectivity index is 2.21. The van der Waals surface area contributed by atoms with E-state index in [1.165, 1.54) is 5.56 Å². The van der Waals surface area contributed by atoms with Gasteiger partial charge in [0.2, 0.25) is 0 Å². The Morgan fingerprint density at radius 3 is 3.00 bits per heavy atom. The lowest BCUT2D eigenvalue weighted by Gasteiger charge is -2.21. The lowest BCUT2D eigenvalue weighted by atomic mass is 9.77. The number of carbonyl (C=O) groups is 1. The van der Waals surface area contributed by atoms with E-state index < -0.39 is 5.60 Å². The van der Waals surface area contributed by atoms with Crippen molar-refractivity contribution in [2.24, 2.45) is 0 Å². The van der Waals surface area contributed by atoms with Gasteiger partial charge in [0.1, 0.15) is 5.60 Å². The van der Waals surface area contributed by atoms with Crippen molar-refractivity contribution in [2.45, 2.75) is 31.0 Å². The van der Waals surface area contributed by atoms with Crippen LogP contribution in [0.3, 0.4) is 0 Å². The van der Waals surface area contributed by atoms with Crippen molar-refractivity contribution in [3.63, 3.8) is 0 Å². The van der Waals surface area contributed by atoms with Gasteiger partial charge in [0.05, 0.1) is 0 Å². The molecular formula is C12H12O2. The average molecular weight is 188 g/mol. The van der Waals surface area contributed by atoms with Gasteiger partial charge in [0, 0.05) is 0 Å². The third-order valence-electron chi connectivity index (χ3n) is 3.59. The van der Waals surface area contributed by atoms with Crippen molar-refractivity contribution in [1.29, 1.82) is 0 Å². The van der Waals surface area contributed by atoms with Gasteiger partial charge in [0.25, 0.3) is 0 Å². The third kappa shape index (κ3) is 0.735. The number of fused-ring (bicyclic) bond motifs is 3. The van der Waals surface area contributed by atoms with Crippen molar-refractivity contribution in [2.75, 3.05) is 0 Å². The van der Waals surface area contributed by atoms with Crippen LogP contribution in [0.15, 0.2) is 24.3 Å². The number of epoxide rings is 1. The molecule has 72 valence electrons. The summed E-state index contributed by atoms with van der Waals surface area (Å²) in [5.74, 6) is 0. The average Bonchev–Trinajstić information content (AvgIpc) is 2.86. The summed E-state index contributed by atoms with van der Waals surface area (Å²) in [6.07, 6.45) is 2.93. The molecule has 2 atom stereocenters. The number of hydrogen-bond acceptors (Lipinski definition) is 2. The van der Waals surface area contributed by atoms with Gasteiger partial charge in [-0.05, 0) is 30.9 Å². The first-order valence-corrected chi connectivity index (χ1v) is 4.97. The monoisotopic (exact) mass is 188 g/mol. The molecule has 0 aromatic heterocycles. The van der Waals surface area contributed by atoms with E-state index in [-0.39, 0.29) is 5.60 Å². The molecule has 0 saturated carbocycles. The smallest absolute Gasteiger partial charge is 0.178 e. The van der Waals surface area contributed by atoms with Crippen molar-refractivity contribution in [1.82, 2.24) is 0 Å². The van der Waals surface area contributed by atoms with E-state index in [9.17, 15) is 4.79 Å².